The van der Waals surface area contributed by atoms with E-state index >= 15 is 0 Å². The molecule has 0 radical (unpaired) electrons. The normalized spacial score (nSPS) is 20.0. The lowest BCUT2D eigenvalue weighted by molar-refractivity contribution is -0.223. The fourth-order valence-corrected chi connectivity index (χ4v) is 3.94. The lowest BCUT2D eigenvalue weighted by Gasteiger charge is -2.33. The number of hydrogen-bond donors (Lipinski definition) is 0. The van der Waals surface area contributed by atoms with Gasteiger partial charge in [-0.3, -0.25) is 0 Å². The van der Waals surface area contributed by atoms with Crippen molar-refractivity contribution >= 4 is 0 Å². The van der Waals surface area contributed by atoms with Crippen molar-refractivity contribution in [1.82, 2.24) is 0 Å². The summed E-state index contributed by atoms with van der Waals surface area (Å²) in [4.78, 5) is 0. The summed E-state index contributed by atoms with van der Waals surface area (Å²) in [6, 6.07) is 4.20. The Kier molecular flexibility index (Phi) is 6.44. The van der Waals surface area contributed by atoms with Crippen LogP contribution >= 0.6 is 0 Å². The molecule has 0 amide bonds. The van der Waals surface area contributed by atoms with Gasteiger partial charge < -0.3 is 4.74 Å². The highest BCUT2D eigenvalue weighted by Crippen LogP contribution is 2.41. The fraction of sp³-hybridized carbons (Fsp3) is 0.455. The Labute approximate surface area is 165 Å². The zero-order valence-corrected chi connectivity index (χ0v) is 16.0. The number of benzene rings is 2. The second kappa shape index (κ2) is 8.67. The monoisotopic (exact) mass is 416 g/mol. The van der Waals surface area contributed by atoms with Crippen LogP contribution in [0.1, 0.15) is 45.4 Å². The standard InChI is InChI=1S/C22H22F6O/c1-2-3-13-4-6-15(7-5-13)22(27,28)29-16-8-9-17(18(23)12-16)14-10-19(24)21(26)20(25)11-14/h8-13,15H,2-7H2,1H3. The Morgan fingerprint density at radius 3 is 2.07 bits per heavy atom. The molecule has 0 spiro atoms. The molecule has 3 rings (SSSR count). The van der Waals surface area contributed by atoms with Gasteiger partial charge in [0.15, 0.2) is 17.5 Å². The quantitative estimate of drug-likeness (QED) is 0.350. The molecule has 0 aromatic heterocycles. The molecule has 2 aromatic carbocycles. The molecule has 0 bridgehead atoms. The molecule has 0 heterocycles. The minimum absolute atomic E-state index is 0.244. The van der Waals surface area contributed by atoms with Crippen molar-refractivity contribution in [2.75, 3.05) is 0 Å². The first-order chi connectivity index (χ1) is 13.7. The molecular weight excluding hydrogens is 394 g/mol. The maximum atomic E-state index is 14.5. The van der Waals surface area contributed by atoms with Crippen LogP contribution in [0.25, 0.3) is 11.1 Å². The minimum Gasteiger partial charge on any atom is -0.432 e. The topological polar surface area (TPSA) is 9.23 Å². The Morgan fingerprint density at radius 1 is 0.897 bits per heavy atom. The van der Waals surface area contributed by atoms with Crippen LogP contribution in [0, 0.1) is 35.1 Å². The van der Waals surface area contributed by atoms with Crippen LogP contribution in [0.3, 0.4) is 0 Å². The summed E-state index contributed by atoms with van der Waals surface area (Å²) in [5.41, 5.74) is -0.495. The van der Waals surface area contributed by atoms with Crippen LogP contribution in [0.15, 0.2) is 30.3 Å². The Morgan fingerprint density at radius 2 is 1.52 bits per heavy atom. The summed E-state index contributed by atoms with van der Waals surface area (Å²) in [6.07, 6.45) is 0.711. The summed E-state index contributed by atoms with van der Waals surface area (Å²) in [5.74, 6) is -6.47. The van der Waals surface area contributed by atoms with Crippen LogP contribution in [0.4, 0.5) is 26.3 Å². The molecule has 2 aromatic rings. The van der Waals surface area contributed by atoms with E-state index in [9.17, 15) is 26.3 Å². The van der Waals surface area contributed by atoms with E-state index in [0.717, 1.165) is 31.0 Å². The molecule has 29 heavy (non-hydrogen) atoms. The largest absolute Gasteiger partial charge is 0.432 e. The Hall–Kier alpha value is -2.18. The third-order valence-electron chi connectivity index (χ3n) is 5.51. The molecule has 158 valence electrons. The van der Waals surface area contributed by atoms with Crippen LogP contribution < -0.4 is 4.74 Å². The Balaban J connectivity index is 1.73. The fourth-order valence-electron chi connectivity index (χ4n) is 3.94. The average Bonchev–Trinajstić information content (AvgIpc) is 2.66. The summed E-state index contributed by atoms with van der Waals surface area (Å²) < 4.78 is 88.1. The smallest absolute Gasteiger partial charge is 0.400 e. The minimum atomic E-state index is -3.45. The molecule has 1 saturated carbocycles. The molecule has 7 heteroatoms. The Bertz CT molecular complexity index is 835. The zero-order valence-electron chi connectivity index (χ0n) is 16.0. The molecule has 1 nitrogen and oxygen atoms in total. The summed E-state index contributed by atoms with van der Waals surface area (Å²) in [5, 5.41) is 0. The number of halogens is 6. The van der Waals surface area contributed by atoms with Gasteiger partial charge in [0.25, 0.3) is 0 Å². The van der Waals surface area contributed by atoms with Crippen molar-refractivity contribution in [3.05, 3.63) is 53.6 Å². The van der Waals surface area contributed by atoms with E-state index in [4.69, 9.17) is 4.74 Å². The first-order valence-corrected chi connectivity index (χ1v) is 9.72. The van der Waals surface area contributed by atoms with Gasteiger partial charge in [0.2, 0.25) is 0 Å². The predicted molar refractivity (Wildman–Crippen MR) is 97.6 cm³/mol. The van der Waals surface area contributed by atoms with Crippen molar-refractivity contribution in [3.63, 3.8) is 0 Å². The predicted octanol–water partition coefficient (Wildman–Crippen LogP) is 7.49. The van der Waals surface area contributed by atoms with E-state index in [1.807, 2.05) is 0 Å². The van der Waals surface area contributed by atoms with Crippen LogP contribution in [0.5, 0.6) is 5.75 Å². The molecule has 1 fully saturated rings. The molecule has 0 aliphatic heterocycles. The number of ether oxygens (including phenoxy) is 1. The first-order valence-electron chi connectivity index (χ1n) is 9.72. The van der Waals surface area contributed by atoms with Crippen molar-refractivity contribution in [3.8, 4) is 16.9 Å². The second-order valence-electron chi connectivity index (χ2n) is 7.57. The molecule has 1 aliphatic rings. The van der Waals surface area contributed by atoms with E-state index in [-0.39, 0.29) is 16.9 Å². The van der Waals surface area contributed by atoms with E-state index in [0.29, 0.717) is 43.7 Å². The van der Waals surface area contributed by atoms with Crippen LogP contribution in [-0.4, -0.2) is 6.11 Å². The highest BCUT2D eigenvalue weighted by molar-refractivity contribution is 5.65. The van der Waals surface area contributed by atoms with Crippen molar-refractivity contribution < 1.29 is 31.1 Å². The van der Waals surface area contributed by atoms with Crippen LogP contribution in [-0.2, 0) is 0 Å². The van der Waals surface area contributed by atoms with Gasteiger partial charge in [0.05, 0.1) is 5.92 Å². The molecular formula is C22H22F6O. The van der Waals surface area contributed by atoms with Gasteiger partial charge in [0, 0.05) is 11.6 Å². The van der Waals surface area contributed by atoms with Gasteiger partial charge in [-0.1, -0.05) is 19.8 Å². The molecule has 0 atom stereocenters. The highest BCUT2D eigenvalue weighted by Gasteiger charge is 2.43. The van der Waals surface area contributed by atoms with Gasteiger partial charge in [0.1, 0.15) is 11.6 Å². The molecule has 0 N–H and O–H groups in total. The van der Waals surface area contributed by atoms with E-state index in [1.54, 1.807) is 0 Å². The zero-order chi connectivity index (χ0) is 21.2. The second-order valence-corrected chi connectivity index (χ2v) is 7.57. The van der Waals surface area contributed by atoms with Crippen molar-refractivity contribution in [2.24, 2.45) is 11.8 Å². The van der Waals surface area contributed by atoms with E-state index < -0.39 is 35.3 Å². The van der Waals surface area contributed by atoms with Crippen molar-refractivity contribution in [2.45, 2.75) is 51.6 Å². The number of hydrogen-bond acceptors (Lipinski definition) is 1. The van der Waals surface area contributed by atoms with E-state index in [1.165, 1.54) is 0 Å². The van der Waals surface area contributed by atoms with Gasteiger partial charge in [-0.15, -0.1) is 0 Å². The molecule has 0 saturated heterocycles. The average molecular weight is 416 g/mol. The summed E-state index contributed by atoms with van der Waals surface area (Å²) in [6.45, 7) is 2.07. The molecule has 1 aliphatic carbocycles. The number of rotatable bonds is 6. The van der Waals surface area contributed by atoms with Gasteiger partial charge in [-0.2, -0.15) is 8.78 Å². The molecule has 0 unspecified atom stereocenters. The maximum Gasteiger partial charge on any atom is 0.400 e. The lowest BCUT2D eigenvalue weighted by Crippen LogP contribution is -2.37. The van der Waals surface area contributed by atoms with Gasteiger partial charge in [-0.25, -0.2) is 17.6 Å². The first kappa shape index (κ1) is 21.5. The van der Waals surface area contributed by atoms with Crippen molar-refractivity contribution in [1.29, 1.82) is 0 Å². The summed E-state index contributed by atoms with van der Waals surface area (Å²) in [7, 11) is 0. The third kappa shape index (κ3) is 4.87. The lowest BCUT2D eigenvalue weighted by atomic mass is 9.79. The number of alkyl halides is 2. The third-order valence-corrected chi connectivity index (χ3v) is 5.51. The maximum absolute atomic E-state index is 14.5. The SMILES string of the molecule is CCCC1CCC(C(F)(F)Oc2ccc(-c3cc(F)c(F)c(F)c3)c(F)c2)CC1. The van der Waals surface area contributed by atoms with Gasteiger partial charge in [-0.05, 0) is 61.4 Å². The van der Waals surface area contributed by atoms with E-state index in [2.05, 4.69) is 6.92 Å². The highest BCUT2D eigenvalue weighted by atomic mass is 19.3. The van der Waals surface area contributed by atoms with Crippen LogP contribution in [0.2, 0.25) is 0 Å². The summed E-state index contributed by atoms with van der Waals surface area (Å²) >= 11 is 0. The van der Waals surface area contributed by atoms with Gasteiger partial charge >= 0.3 is 6.11 Å².